The molecule has 3 aromatic carbocycles. The third-order valence-electron chi connectivity index (χ3n) is 14.3. The van der Waals surface area contributed by atoms with Crippen molar-refractivity contribution in [3.63, 3.8) is 0 Å². The van der Waals surface area contributed by atoms with Gasteiger partial charge in [-0.1, -0.05) is 36.9 Å². The zero-order valence-corrected chi connectivity index (χ0v) is 39.5. The first kappa shape index (κ1) is 47.8. The van der Waals surface area contributed by atoms with E-state index in [0.29, 0.717) is 70.0 Å². The summed E-state index contributed by atoms with van der Waals surface area (Å²) < 4.78 is 27.0. The number of carbonyl (C=O) groups excluding carboxylic acids is 6. The number of nitrogens with two attached hydrogens (primary N) is 1. The second kappa shape index (κ2) is 20.5. The molecule has 5 amide bonds. The number of hydrogen-bond donors (Lipinski definition) is 3. The predicted molar refractivity (Wildman–Crippen MR) is 260 cm³/mol. The molecule has 0 bridgehead atoms. The van der Waals surface area contributed by atoms with Crippen LogP contribution in [0.15, 0.2) is 98.0 Å². The molecule has 4 saturated heterocycles. The number of carbonyl (C=O) groups is 6. The van der Waals surface area contributed by atoms with Crippen molar-refractivity contribution in [1.82, 2.24) is 44.7 Å². The van der Waals surface area contributed by atoms with Gasteiger partial charge in [-0.25, -0.2) is 19.2 Å². The van der Waals surface area contributed by atoms with Gasteiger partial charge < -0.3 is 35.2 Å². The molecule has 5 aromatic rings. The van der Waals surface area contributed by atoms with E-state index < -0.39 is 35.7 Å². The lowest BCUT2D eigenvalue weighted by Crippen LogP contribution is -2.52. The number of fused-ring (bicyclic) bond motifs is 2. The Morgan fingerprint density at radius 3 is 2.36 bits per heavy atom. The normalized spacial score (nSPS) is 20.8. The fourth-order valence-electron chi connectivity index (χ4n) is 10.5. The second-order valence-electron chi connectivity index (χ2n) is 19.0. The largest absolute Gasteiger partial charge is 0.484 e. The van der Waals surface area contributed by atoms with Gasteiger partial charge in [0.15, 0.2) is 18.1 Å². The van der Waals surface area contributed by atoms with Gasteiger partial charge in [0, 0.05) is 80.0 Å². The Labute approximate surface area is 414 Å². The van der Waals surface area contributed by atoms with E-state index in [-0.39, 0.29) is 54.7 Å². The van der Waals surface area contributed by atoms with Crippen molar-refractivity contribution in [2.45, 2.75) is 50.3 Å². The first-order valence-corrected chi connectivity index (χ1v) is 24.2. The topological polar surface area (TPSA) is 228 Å². The highest BCUT2D eigenvalue weighted by Gasteiger charge is 2.43. The Morgan fingerprint density at radius 2 is 1.62 bits per heavy atom. The number of aromatic nitrogens is 4. The van der Waals surface area contributed by atoms with E-state index in [1.165, 1.54) is 35.4 Å². The minimum Gasteiger partial charge on any atom is -0.484 e. The van der Waals surface area contributed by atoms with Gasteiger partial charge in [0.05, 0.1) is 29.7 Å². The molecule has 3 unspecified atom stereocenters. The first-order chi connectivity index (χ1) is 34.8. The van der Waals surface area contributed by atoms with Crippen LogP contribution in [0.1, 0.15) is 76.2 Å². The summed E-state index contributed by atoms with van der Waals surface area (Å²) in [5.74, 6) is -2.37. The fourth-order valence-corrected chi connectivity index (χ4v) is 10.5. The van der Waals surface area contributed by atoms with Gasteiger partial charge in [-0.2, -0.15) is 5.10 Å². The highest BCUT2D eigenvalue weighted by atomic mass is 19.1. The van der Waals surface area contributed by atoms with Crippen LogP contribution in [0.5, 0.6) is 5.75 Å². The number of anilines is 2. The van der Waals surface area contributed by atoms with Crippen LogP contribution in [-0.2, 0) is 23.9 Å². The molecule has 72 heavy (non-hydrogen) atoms. The van der Waals surface area contributed by atoms with Crippen molar-refractivity contribution >= 4 is 52.7 Å². The molecule has 4 fully saturated rings. The Morgan fingerprint density at radius 1 is 0.889 bits per heavy atom. The predicted octanol–water partition coefficient (Wildman–Crippen LogP) is 4.33. The van der Waals surface area contributed by atoms with Crippen LogP contribution in [0.4, 0.5) is 15.9 Å². The third-order valence-corrected chi connectivity index (χ3v) is 14.3. The molecule has 0 spiro atoms. The van der Waals surface area contributed by atoms with Crippen LogP contribution in [0.3, 0.4) is 0 Å². The van der Waals surface area contributed by atoms with Crippen LogP contribution >= 0.6 is 0 Å². The Hall–Kier alpha value is -7.84. The summed E-state index contributed by atoms with van der Waals surface area (Å²) in [5, 5.41) is 9.61. The number of nitrogen functional groups attached to an aromatic ring is 1. The molecule has 5 aliphatic rings. The number of esters is 1. The third kappa shape index (κ3) is 10.2. The number of benzene rings is 3. The van der Waals surface area contributed by atoms with E-state index in [2.05, 4.69) is 42.1 Å². The summed E-state index contributed by atoms with van der Waals surface area (Å²) in [7, 11) is 0. The fraction of sp³-hybridized carbons (Fsp3) is 0.365. The summed E-state index contributed by atoms with van der Waals surface area (Å²) in [6.07, 6.45) is 6.91. The lowest BCUT2D eigenvalue weighted by molar-refractivity contribution is -0.136. The van der Waals surface area contributed by atoms with Crippen LogP contribution in [-0.4, -0.2) is 140 Å². The number of nitrogens with one attached hydrogen (secondary N) is 2. The minimum absolute atomic E-state index is 0.0967. The molecule has 0 saturated carbocycles. The number of likely N-dealkylation sites (tertiary alicyclic amines) is 3. The molecule has 0 radical (unpaired) electrons. The molecule has 10 rings (SSSR count). The second-order valence-corrected chi connectivity index (χ2v) is 19.0. The zero-order valence-electron chi connectivity index (χ0n) is 39.5. The number of rotatable bonds is 15. The average Bonchev–Trinajstić information content (AvgIpc) is 4.17. The number of amides is 5. The summed E-state index contributed by atoms with van der Waals surface area (Å²) in [4.78, 5) is 94.8. The monoisotopic (exact) mass is 979 g/mol. The van der Waals surface area contributed by atoms with Gasteiger partial charge in [0.2, 0.25) is 17.9 Å². The van der Waals surface area contributed by atoms with Crippen molar-refractivity contribution in [2.24, 2.45) is 11.8 Å². The lowest BCUT2D eigenvalue weighted by atomic mass is 10.0. The van der Waals surface area contributed by atoms with E-state index >= 15 is 0 Å². The van der Waals surface area contributed by atoms with Crippen LogP contribution in [0.25, 0.3) is 17.0 Å². The van der Waals surface area contributed by atoms with E-state index in [1.54, 1.807) is 54.7 Å². The molecule has 7 heterocycles. The van der Waals surface area contributed by atoms with E-state index in [9.17, 15) is 33.2 Å². The quantitative estimate of drug-likeness (QED) is 0.0981. The van der Waals surface area contributed by atoms with E-state index in [4.69, 9.17) is 15.2 Å². The van der Waals surface area contributed by atoms with Crippen molar-refractivity contribution in [2.75, 3.05) is 70.0 Å². The van der Waals surface area contributed by atoms with Crippen molar-refractivity contribution in [3.05, 3.63) is 126 Å². The van der Waals surface area contributed by atoms with Crippen LogP contribution in [0, 0.1) is 17.7 Å². The standard InChI is InChI=1S/C52H54FN11O8/c1-31-40-13-12-39(22-41(40)51(69)64(31)43-14-15-44(65)59-49(43)67)71-30-45(66)62-27-34-25-61(26-35(34)28-62)19-5-18-60-20-16-38(17-21-60)63-29-33(23-56-63)42-24-55-48(54)46(58-42)52(70)72-47(32-6-3-2-4-7-32)50(68)57-37-10-8-36(53)9-11-37/h2-4,6-13,22-24,29,34-35,38,43,47H,1,5,14-21,25-28,30H2,(H2,54,55)(H,57,68)(H,59,65,67)/t34?,35?,43?,47-/m1/s1. The molecule has 5 aliphatic heterocycles. The van der Waals surface area contributed by atoms with E-state index in [0.717, 1.165) is 58.5 Å². The number of imide groups is 1. The molecular weight excluding hydrogens is 926 g/mol. The number of hydrogen-bond acceptors (Lipinski definition) is 14. The summed E-state index contributed by atoms with van der Waals surface area (Å²) in [6.45, 7) is 11.0. The smallest absolute Gasteiger partial charge is 0.361 e. The maximum absolute atomic E-state index is 13.6. The SMILES string of the molecule is C=C1c2ccc(OCC(=O)N3CC4CN(CCCN5CCC(n6cc(-c7cnc(N)c(C(=O)O[C@@H](C(=O)Nc8ccc(F)cc8)c8ccccc8)n7)cn6)CC5)CC4C3)cc2C(=O)N1C1CCC(=O)NC1=O. The molecule has 20 heteroatoms. The maximum Gasteiger partial charge on any atom is 0.361 e. The highest BCUT2D eigenvalue weighted by molar-refractivity contribution is 6.12. The van der Waals surface area contributed by atoms with Crippen molar-refractivity contribution in [3.8, 4) is 17.0 Å². The number of piperidine rings is 2. The molecule has 19 nitrogen and oxygen atoms in total. The average molecular weight is 980 g/mol. The Bertz CT molecular complexity index is 2910. The number of ether oxygens (including phenoxy) is 2. The Kier molecular flexibility index (Phi) is 13.6. The minimum atomic E-state index is -1.37. The summed E-state index contributed by atoms with van der Waals surface area (Å²) >= 11 is 0. The summed E-state index contributed by atoms with van der Waals surface area (Å²) in [6, 6.07) is 18.1. The summed E-state index contributed by atoms with van der Waals surface area (Å²) in [5.41, 5.74) is 8.96. The van der Waals surface area contributed by atoms with Crippen LogP contribution in [0.2, 0.25) is 0 Å². The highest BCUT2D eigenvalue weighted by Crippen LogP contribution is 2.37. The van der Waals surface area contributed by atoms with Gasteiger partial charge in [0.25, 0.3) is 17.7 Å². The van der Waals surface area contributed by atoms with Crippen LogP contribution < -0.4 is 21.1 Å². The number of nitrogens with zero attached hydrogens (tertiary/aromatic N) is 8. The molecule has 4 N–H and O–H groups in total. The lowest BCUT2D eigenvalue weighted by Gasteiger charge is -2.32. The van der Waals surface area contributed by atoms with Gasteiger partial charge >= 0.3 is 5.97 Å². The van der Waals surface area contributed by atoms with Gasteiger partial charge in [0.1, 0.15) is 17.6 Å². The van der Waals surface area contributed by atoms with Gasteiger partial charge in [-0.3, -0.25) is 38.9 Å². The van der Waals surface area contributed by atoms with Gasteiger partial charge in [-0.05, 0) is 93.1 Å². The zero-order chi connectivity index (χ0) is 50.0. The van der Waals surface area contributed by atoms with Crippen molar-refractivity contribution in [1.29, 1.82) is 0 Å². The molecule has 4 atom stereocenters. The van der Waals surface area contributed by atoms with E-state index in [1.807, 2.05) is 15.8 Å². The van der Waals surface area contributed by atoms with Gasteiger partial charge in [-0.15, -0.1) is 0 Å². The number of halogens is 1. The molecule has 2 aromatic heterocycles. The molecule has 0 aliphatic carbocycles. The first-order valence-electron chi connectivity index (χ1n) is 24.2. The maximum atomic E-state index is 13.6. The molecule has 372 valence electrons. The van der Waals surface area contributed by atoms with Crippen molar-refractivity contribution < 1.29 is 42.6 Å². The Balaban J connectivity index is 0.651. The molecular formula is C52H54FN11O8.